The van der Waals surface area contributed by atoms with Gasteiger partial charge in [0.15, 0.2) is 11.5 Å². The zero-order valence-electron chi connectivity index (χ0n) is 29.5. The first kappa shape index (κ1) is 38.5. The minimum atomic E-state index is -1.82. The van der Waals surface area contributed by atoms with Crippen LogP contribution >= 0.6 is 0 Å². The molecule has 4 aromatic rings. The molecule has 290 valence electrons. The van der Waals surface area contributed by atoms with E-state index in [-0.39, 0.29) is 46.3 Å². The molecule has 0 atom stereocenters. The number of likely N-dealkylation sites (tertiary alicyclic amines) is 2. The Bertz CT molecular complexity index is 1930. The quantitative estimate of drug-likeness (QED) is 0.146. The normalized spacial score (nSPS) is 14.6. The van der Waals surface area contributed by atoms with Crippen molar-refractivity contribution in [3.05, 3.63) is 96.6 Å². The predicted molar refractivity (Wildman–Crippen MR) is 188 cm³/mol. The number of hydrogen-bond donors (Lipinski definition) is 2. The van der Waals surface area contributed by atoms with Crippen LogP contribution in [0.2, 0.25) is 0 Å². The van der Waals surface area contributed by atoms with Gasteiger partial charge in [-0.05, 0) is 60.7 Å². The largest absolute Gasteiger partial charge is 0.508 e. The summed E-state index contributed by atoms with van der Waals surface area (Å²) < 4.78 is 31.5. The Morgan fingerprint density at radius 2 is 0.875 bits per heavy atom. The molecular weight excluding hydrogens is 736 g/mol. The number of nitrogens with zero attached hydrogens (tertiary/aromatic N) is 4. The molecule has 0 saturated carbocycles. The van der Waals surface area contributed by atoms with Crippen molar-refractivity contribution in [3.63, 3.8) is 0 Å². The number of hydrogen-bond acceptors (Lipinski definition) is 16. The molecule has 2 aliphatic heterocycles. The van der Waals surface area contributed by atoms with Crippen molar-refractivity contribution in [1.82, 2.24) is 19.8 Å². The van der Waals surface area contributed by atoms with Crippen molar-refractivity contribution in [2.24, 2.45) is 0 Å². The highest BCUT2D eigenvalue weighted by Gasteiger charge is 2.29. The van der Waals surface area contributed by atoms with Crippen LogP contribution in [-0.2, 0) is 19.1 Å². The van der Waals surface area contributed by atoms with Gasteiger partial charge in [-0.2, -0.15) is 0 Å². The Morgan fingerprint density at radius 1 is 0.518 bits per heavy atom. The molecule has 2 aliphatic rings. The molecule has 0 spiro atoms. The van der Waals surface area contributed by atoms with Gasteiger partial charge in [0.1, 0.15) is 35.2 Å². The van der Waals surface area contributed by atoms with Gasteiger partial charge in [0, 0.05) is 64.3 Å². The Labute approximate surface area is 318 Å². The van der Waals surface area contributed by atoms with Crippen LogP contribution in [0.25, 0.3) is 0 Å². The highest BCUT2D eigenvalue weighted by atomic mass is 16.6. The third kappa shape index (κ3) is 10.5. The van der Waals surface area contributed by atoms with Crippen molar-refractivity contribution in [1.29, 1.82) is 0 Å². The fraction of sp³-hybridized carbons (Fsp3) is 0.263. The monoisotopic (exact) mass is 770 g/mol. The van der Waals surface area contributed by atoms with Gasteiger partial charge >= 0.3 is 36.1 Å². The van der Waals surface area contributed by atoms with E-state index in [0.29, 0.717) is 63.4 Å². The maximum atomic E-state index is 12.8. The first-order valence-electron chi connectivity index (χ1n) is 17.3. The molecule has 2 amide bonds. The van der Waals surface area contributed by atoms with Gasteiger partial charge in [0.05, 0.1) is 23.5 Å². The van der Waals surface area contributed by atoms with Gasteiger partial charge in [-0.15, -0.1) is 0 Å². The summed E-state index contributed by atoms with van der Waals surface area (Å²) in [5, 5.41) is 18.9. The molecule has 2 aromatic carbocycles. The number of carbonyl (C=O) groups is 6. The molecular formula is C38H34N4O14. The zero-order valence-corrected chi connectivity index (χ0v) is 29.5. The summed E-state index contributed by atoms with van der Waals surface area (Å²) in [5.74, 6) is -5.22. The van der Waals surface area contributed by atoms with Gasteiger partial charge in [-0.1, -0.05) is 0 Å². The van der Waals surface area contributed by atoms with Crippen LogP contribution in [0.4, 0.5) is 9.59 Å². The lowest BCUT2D eigenvalue weighted by atomic mass is 10.1. The van der Waals surface area contributed by atoms with Gasteiger partial charge in [-0.3, -0.25) is 9.97 Å². The van der Waals surface area contributed by atoms with E-state index < -0.39 is 36.1 Å². The highest BCUT2D eigenvalue weighted by Crippen LogP contribution is 2.24. The second-order valence-corrected chi connectivity index (χ2v) is 12.5. The average molecular weight is 771 g/mol. The smallest absolute Gasteiger partial charge is 0.425 e. The van der Waals surface area contributed by atoms with E-state index in [1.54, 1.807) is 24.3 Å². The number of piperidine rings is 2. The van der Waals surface area contributed by atoms with Gasteiger partial charge in [0.2, 0.25) is 0 Å². The molecule has 6 rings (SSSR count). The van der Waals surface area contributed by atoms with Crippen molar-refractivity contribution in [2.75, 3.05) is 26.2 Å². The SMILES string of the molecule is O=C(OC(=O)c1cncc(OC(=O)N2CCC(Oc3ccc(O)cc3)CC2)c1)C(=O)OC(=O)c1cncc(OC(=O)N2CCC(Oc3ccc(O)cc3)CC2)c1. The average Bonchev–Trinajstić information content (AvgIpc) is 3.20. The Hall–Kier alpha value is -7.24. The van der Waals surface area contributed by atoms with Gasteiger partial charge in [0.25, 0.3) is 0 Å². The van der Waals surface area contributed by atoms with Crippen LogP contribution in [0.15, 0.2) is 85.5 Å². The lowest BCUT2D eigenvalue weighted by Crippen LogP contribution is -2.43. The summed E-state index contributed by atoms with van der Waals surface area (Å²) in [4.78, 5) is 85.9. The molecule has 0 unspecified atom stereocenters. The Kier molecular flexibility index (Phi) is 12.2. The molecule has 18 heteroatoms. The molecule has 0 aliphatic carbocycles. The maximum absolute atomic E-state index is 12.8. The van der Waals surface area contributed by atoms with Gasteiger partial charge < -0.3 is 48.4 Å². The summed E-state index contributed by atoms with van der Waals surface area (Å²) in [6, 6.07) is 14.7. The van der Waals surface area contributed by atoms with Crippen molar-refractivity contribution >= 4 is 36.1 Å². The number of ether oxygens (including phenoxy) is 6. The van der Waals surface area contributed by atoms with E-state index in [1.807, 2.05) is 0 Å². The number of aromatic hydroxyl groups is 2. The van der Waals surface area contributed by atoms with Crippen LogP contribution in [0.1, 0.15) is 46.4 Å². The molecule has 2 saturated heterocycles. The first-order chi connectivity index (χ1) is 27.0. The van der Waals surface area contributed by atoms with Crippen LogP contribution in [0.5, 0.6) is 34.5 Å². The third-order valence-electron chi connectivity index (χ3n) is 8.52. The number of benzene rings is 2. The Balaban J connectivity index is 0.930. The van der Waals surface area contributed by atoms with E-state index in [0.717, 1.165) is 36.9 Å². The number of aromatic nitrogens is 2. The third-order valence-corrected chi connectivity index (χ3v) is 8.52. The van der Waals surface area contributed by atoms with E-state index in [1.165, 1.54) is 34.1 Å². The van der Waals surface area contributed by atoms with Crippen molar-refractivity contribution in [2.45, 2.75) is 37.9 Å². The predicted octanol–water partition coefficient (Wildman–Crippen LogP) is 4.04. The number of amides is 2. The van der Waals surface area contributed by atoms with Crippen LogP contribution in [0, 0.1) is 0 Å². The Morgan fingerprint density at radius 3 is 1.23 bits per heavy atom. The summed E-state index contributed by atoms with van der Waals surface area (Å²) >= 11 is 0. The number of esters is 4. The number of pyridine rings is 2. The van der Waals surface area contributed by atoms with Crippen LogP contribution < -0.4 is 18.9 Å². The number of rotatable bonds is 8. The van der Waals surface area contributed by atoms with E-state index in [2.05, 4.69) is 19.4 Å². The molecule has 4 heterocycles. The summed E-state index contributed by atoms with van der Waals surface area (Å²) in [5.41, 5.74) is -0.701. The number of phenolic OH excluding ortho intramolecular Hbond substituents is 2. The standard InChI is InChI=1S/C38H34N4O14/c43-25-1-5-27(6-2-25)51-29-9-13-41(14-10-29)37(49)53-31-17-23(19-39-21-31)33(45)55-35(47)36(48)56-34(46)24-18-32(22-40-20-24)54-38(50)42-15-11-30(12-16-42)52-28-7-3-26(44)4-8-28/h1-8,17-22,29-30,43-44H,9-16H2. The van der Waals surface area contributed by atoms with E-state index >= 15 is 0 Å². The lowest BCUT2D eigenvalue weighted by molar-refractivity contribution is -0.160. The maximum Gasteiger partial charge on any atom is 0.425 e. The number of phenols is 2. The fourth-order valence-electron chi connectivity index (χ4n) is 5.62. The first-order valence-corrected chi connectivity index (χ1v) is 17.3. The van der Waals surface area contributed by atoms with Crippen molar-refractivity contribution in [3.8, 4) is 34.5 Å². The van der Waals surface area contributed by atoms with Crippen molar-refractivity contribution < 1.29 is 67.4 Å². The minimum absolute atomic E-state index is 0.117. The summed E-state index contributed by atoms with van der Waals surface area (Å²) in [6.45, 7) is 1.27. The summed E-state index contributed by atoms with van der Waals surface area (Å²) in [7, 11) is 0. The molecule has 18 nitrogen and oxygen atoms in total. The van der Waals surface area contributed by atoms with Crippen LogP contribution in [0.3, 0.4) is 0 Å². The van der Waals surface area contributed by atoms with Crippen LogP contribution in [-0.4, -0.2) is 104 Å². The lowest BCUT2D eigenvalue weighted by Gasteiger charge is -2.31. The van der Waals surface area contributed by atoms with E-state index in [9.17, 15) is 39.0 Å². The molecule has 2 aromatic heterocycles. The van der Waals surface area contributed by atoms with E-state index in [4.69, 9.17) is 18.9 Å². The zero-order chi connectivity index (χ0) is 39.6. The van der Waals surface area contributed by atoms with Gasteiger partial charge in [-0.25, -0.2) is 28.8 Å². The molecule has 2 fully saturated rings. The topological polar surface area (TPSA) is 231 Å². The molecule has 56 heavy (non-hydrogen) atoms. The second kappa shape index (κ2) is 17.7. The minimum Gasteiger partial charge on any atom is -0.508 e. The summed E-state index contributed by atoms with van der Waals surface area (Å²) in [6.07, 6.45) is 4.61. The highest BCUT2D eigenvalue weighted by molar-refractivity contribution is 6.34. The second-order valence-electron chi connectivity index (χ2n) is 12.5. The molecule has 0 bridgehead atoms. The molecule has 2 N–H and O–H groups in total. The molecule has 0 radical (unpaired) electrons. The number of carbonyl (C=O) groups excluding carboxylic acids is 6. The fourth-order valence-corrected chi connectivity index (χ4v) is 5.62.